The Morgan fingerprint density at radius 1 is 1.22 bits per heavy atom. The average Bonchev–Trinajstić information content (AvgIpc) is 2.27. The number of anilines is 1. The molecule has 98 valence electrons. The molecule has 0 spiro atoms. The maximum Gasteiger partial charge on any atom is 0.140 e. The largest absolute Gasteiger partial charge is 0.399 e. The summed E-state index contributed by atoms with van der Waals surface area (Å²) in [6, 6.07) is 7.68. The number of carbonyl (C=O) groups is 1. The van der Waals surface area contributed by atoms with Crippen LogP contribution in [0.2, 0.25) is 0 Å². The molecule has 0 radical (unpaired) electrons. The Hall–Kier alpha value is -1.31. The van der Waals surface area contributed by atoms with Crippen LogP contribution in [0.3, 0.4) is 0 Å². The van der Waals surface area contributed by atoms with E-state index in [1.807, 2.05) is 24.3 Å². The Bertz CT molecular complexity index is 417. The van der Waals surface area contributed by atoms with Gasteiger partial charge in [-0.15, -0.1) is 0 Å². The quantitative estimate of drug-likeness (QED) is 0.829. The summed E-state index contributed by atoms with van der Waals surface area (Å²) in [5.74, 6) is 2.01. The van der Waals surface area contributed by atoms with Gasteiger partial charge in [0.2, 0.25) is 0 Å². The molecule has 1 aromatic rings. The van der Waals surface area contributed by atoms with Gasteiger partial charge in [-0.2, -0.15) is 0 Å². The van der Waals surface area contributed by atoms with Crippen LogP contribution in [0.5, 0.6) is 0 Å². The van der Waals surface area contributed by atoms with E-state index in [1.165, 1.54) is 6.42 Å². The minimum atomic E-state index is 0.255. The summed E-state index contributed by atoms with van der Waals surface area (Å²) >= 11 is 0. The molecule has 1 aliphatic carbocycles. The van der Waals surface area contributed by atoms with Crippen molar-refractivity contribution in [3.05, 3.63) is 29.8 Å². The number of nitrogen functional groups attached to an aromatic ring is 1. The molecule has 2 nitrogen and oxygen atoms in total. The molecular formula is C16H23NO. The summed E-state index contributed by atoms with van der Waals surface area (Å²) in [6.07, 6.45) is 3.92. The van der Waals surface area contributed by atoms with Crippen LogP contribution in [0.1, 0.15) is 38.7 Å². The molecule has 2 heteroatoms. The van der Waals surface area contributed by atoms with Crippen LogP contribution < -0.4 is 5.73 Å². The molecule has 0 bridgehead atoms. The number of benzene rings is 1. The van der Waals surface area contributed by atoms with Crippen molar-refractivity contribution in [1.82, 2.24) is 0 Å². The Labute approximate surface area is 110 Å². The van der Waals surface area contributed by atoms with Gasteiger partial charge >= 0.3 is 0 Å². The van der Waals surface area contributed by atoms with Gasteiger partial charge in [-0.25, -0.2) is 0 Å². The fourth-order valence-corrected chi connectivity index (χ4v) is 3.26. The second-order valence-electron chi connectivity index (χ2n) is 6.00. The Kier molecular flexibility index (Phi) is 4.05. The second kappa shape index (κ2) is 5.55. The van der Waals surface area contributed by atoms with E-state index in [0.29, 0.717) is 24.0 Å². The van der Waals surface area contributed by atoms with Crippen molar-refractivity contribution in [3.8, 4) is 0 Å². The monoisotopic (exact) mass is 245 g/mol. The zero-order valence-electron chi connectivity index (χ0n) is 11.4. The average molecular weight is 245 g/mol. The van der Waals surface area contributed by atoms with Crippen LogP contribution in [0, 0.1) is 17.8 Å². The summed E-state index contributed by atoms with van der Waals surface area (Å²) in [7, 11) is 0. The lowest BCUT2D eigenvalue weighted by Gasteiger charge is -2.30. The highest BCUT2D eigenvalue weighted by molar-refractivity contribution is 5.83. The third-order valence-corrected chi connectivity index (χ3v) is 3.96. The van der Waals surface area contributed by atoms with Gasteiger partial charge in [0.15, 0.2) is 0 Å². The molecule has 0 aromatic heterocycles. The molecular weight excluding hydrogens is 222 g/mol. The highest BCUT2D eigenvalue weighted by Gasteiger charge is 2.28. The first kappa shape index (κ1) is 13.1. The molecule has 2 rings (SSSR count). The van der Waals surface area contributed by atoms with Crippen molar-refractivity contribution < 1.29 is 4.79 Å². The van der Waals surface area contributed by atoms with Crippen LogP contribution in [-0.4, -0.2) is 5.78 Å². The summed E-state index contributed by atoms with van der Waals surface area (Å²) < 4.78 is 0. The molecule has 18 heavy (non-hydrogen) atoms. The van der Waals surface area contributed by atoms with Crippen molar-refractivity contribution in [2.45, 2.75) is 39.5 Å². The number of hydrogen-bond donors (Lipinski definition) is 1. The maximum absolute atomic E-state index is 12.3. The van der Waals surface area contributed by atoms with Crippen molar-refractivity contribution in [2.75, 3.05) is 5.73 Å². The van der Waals surface area contributed by atoms with E-state index in [9.17, 15) is 4.79 Å². The Balaban J connectivity index is 1.99. The standard InChI is InChI=1S/C16H23NO/c1-11-6-12(2)8-14(7-11)16(18)10-13-4-3-5-15(17)9-13/h3-5,9,11-12,14H,6-8,10,17H2,1-2H3. The lowest BCUT2D eigenvalue weighted by atomic mass is 9.74. The molecule has 0 amide bonds. The number of ketones is 1. The first-order chi connectivity index (χ1) is 8.54. The van der Waals surface area contributed by atoms with Crippen LogP contribution in [0.25, 0.3) is 0 Å². The normalized spacial score (nSPS) is 28.0. The van der Waals surface area contributed by atoms with E-state index in [-0.39, 0.29) is 5.92 Å². The van der Waals surface area contributed by atoms with E-state index in [0.717, 1.165) is 24.1 Å². The van der Waals surface area contributed by atoms with Gasteiger partial charge in [-0.05, 0) is 48.8 Å². The molecule has 0 heterocycles. The number of nitrogens with two attached hydrogens (primary N) is 1. The lowest BCUT2D eigenvalue weighted by molar-refractivity contribution is -0.124. The van der Waals surface area contributed by atoms with Gasteiger partial charge in [0.1, 0.15) is 5.78 Å². The van der Waals surface area contributed by atoms with E-state index >= 15 is 0 Å². The SMILES string of the molecule is CC1CC(C)CC(C(=O)Cc2cccc(N)c2)C1. The second-order valence-corrected chi connectivity index (χ2v) is 6.00. The van der Waals surface area contributed by atoms with Crippen molar-refractivity contribution >= 4 is 11.5 Å². The molecule has 1 fully saturated rings. The third-order valence-electron chi connectivity index (χ3n) is 3.96. The van der Waals surface area contributed by atoms with Gasteiger partial charge < -0.3 is 5.73 Å². The van der Waals surface area contributed by atoms with Gasteiger partial charge in [-0.3, -0.25) is 4.79 Å². The minimum Gasteiger partial charge on any atom is -0.399 e. The maximum atomic E-state index is 12.3. The van der Waals surface area contributed by atoms with Gasteiger partial charge in [0.25, 0.3) is 0 Å². The Morgan fingerprint density at radius 3 is 2.50 bits per heavy atom. The summed E-state index contributed by atoms with van der Waals surface area (Å²) in [5.41, 5.74) is 7.53. The van der Waals surface area contributed by atoms with E-state index in [2.05, 4.69) is 13.8 Å². The van der Waals surface area contributed by atoms with E-state index in [4.69, 9.17) is 5.73 Å². The zero-order valence-corrected chi connectivity index (χ0v) is 11.4. The van der Waals surface area contributed by atoms with Gasteiger partial charge in [0, 0.05) is 18.0 Å². The van der Waals surface area contributed by atoms with Crippen LogP contribution in [-0.2, 0) is 11.2 Å². The molecule has 2 N–H and O–H groups in total. The van der Waals surface area contributed by atoms with Crippen LogP contribution >= 0.6 is 0 Å². The minimum absolute atomic E-state index is 0.255. The molecule has 0 saturated heterocycles. The summed E-state index contributed by atoms with van der Waals surface area (Å²) in [6.45, 7) is 4.52. The lowest BCUT2D eigenvalue weighted by Crippen LogP contribution is -2.27. The molecule has 1 saturated carbocycles. The number of hydrogen-bond acceptors (Lipinski definition) is 2. The van der Waals surface area contributed by atoms with Crippen molar-refractivity contribution in [3.63, 3.8) is 0 Å². The van der Waals surface area contributed by atoms with Crippen molar-refractivity contribution in [2.24, 2.45) is 17.8 Å². The molecule has 2 atom stereocenters. The Morgan fingerprint density at radius 2 is 1.89 bits per heavy atom. The summed E-state index contributed by atoms with van der Waals surface area (Å²) in [5, 5.41) is 0. The van der Waals surface area contributed by atoms with Gasteiger partial charge in [-0.1, -0.05) is 26.0 Å². The van der Waals surface area contributed by atoms with Crippen molar-refractivity contribution in [1.29, 1.82) is 0 Å². The van der Waals surface area contributed by atoms with E-state index < -0.39 is 0 Å². The zero-order chi connectivity index (χ0) is 13.1. The number of rotatable bonds is 3. The number of carbonyl (C=O) groups excluding carboxylic acids is 1. The molecule has 2 unspecified atom stereocenters. The fraction of sp³-hybridized carbons (Fsp3) is 0.562. The molecule has 0 aliphatic heterocycles. The topological polar surface area (TPSA) is 43.1 Å². The third kappa shape index (κ3) is 3.34. The molecule has 1 aliphatic rings. The predicted octanol–water partition coefficient (Wildman–Crippen LogP) is 3.45. The van der Waals surface area contributed by atoms with Gasteiger partial charge in [0.05, 0.1) is 0 Å². The smallest absolute Gasteiger partial charge is 0.140 e. The van der Waals surface area contributed by atoms with Crippen LogP contribution in [0.15, 0.2) is 24.3 Å². The first-order valence-electron chi connectivity index (χ1n) is 6.91. The molecule has 1 aromatic carbocycles. The highest BCUT2D eigenvalue weighted by atomic mass is 16.1. The van der Waals surface area contributed by atoms with E-state index in [1.54, 1.807) is 0 Å². The first-order valence-corrected chi connectivity index (χ1v) is 6.91. The number of Topliss-reactive ketones (excluding diaryl/α,β-unsaturated/α-hetero) is 1. The fourth-order valence-electron chi connectivity index (χ4n) is 3.26. The summed E-state index contributed by atoms with van der Waals surface area (Å²) in [4.78, 5) is 12.3. The van der Waals surface area contributed by atoms with Crippen LogP contribution in [0.4, 0.5) is 5.69 Å². The highest BCUT2D eigenvalue weighted by Crippen LogP contribution is 2.33. The predicted molar refractivity (Wildman–Crippen MR) is 75.2 cm³/mol.